The van der Waals surface area contributed by atoms with Gasteiger partial charge in [0.2, 0.25) is 11.9 Å². The molecule has 1 aliphatic carbocycles. The van der Waals surface area contributed by atoms with Gasteiger partial charge >= 0.3 is 0 Å². The Labute approximate surface area is 215 Å². The Bertz CT molecular complexity index is 1150. The van der Waals surface area contributed by atoms with Gasteiger partial charge in [-0.3, -0.25) is 4.79 Å². The summed E-state index contributed by atoms with van der Waals surface area (Å²) in [7, 11) is 1.62. The lowest BCUT2D eigenvalue weighted by molar-refractivity contribution is -0.122. The van der Waals surface area contributed by atoms with Crippen LogP contribution in [-0.2, 0) is 16.1 Å². The molecule has 0 saturated heterocycles. The lowest BCUT2D eigenvalue weighted by Crippen LogP contribution is -2.41. The van der Waals surface area contributed by atoms with Crippen molar-refractivity contribution < 1.29 is 18.3 Å². The Morgan fingerprint density at radius 1 is 1.14 bits per heavy atom. The third-order valence-electron chi connectivity index (χ3n) is 6.57. The number of halogens is 2. The average molecular weight is 513 g/mol. The Balaban J connectivity index is 1.54. The van der Waals surface area contributed by atoms with Gasteiger partial charge in [0, 0.05) is 50.3 Å². The second kappa shape index (κ2) is 13.1. The highest BCUT2D eigenvalue weighted by atomic mass is 19.1. The lowest BCUT2D eigenvalue weighted by Gasteiger charge is -2.27. The van der Waals surface area contributed by atoms with Gasteiger partial charge in [0.15, 0.2) is 0 Å². The van der Waals surface area contributed by atoms with Gasteiger partial charge in [-0.05, 0) is 30.5 Å². The van der Waals surface area contributed by atoms with E-state index in [4.69, 9.17) is 4.74 Å². The fraction of sp³-hybridized carbons (Fsp3) is 0.444. The van der Waals surface area contributed by atoms with E-state index in [2.05, 4.69) is 25.9 Å². The van der Waals surface area contributed by atoms with Crippen molar-refractivity contribution in [2.75, 3.05) is 30.9 Å². The third-order valence-corrected chi connectivity index (χ3v) is 6.57. The number of benzene rings is 1. The second-order valence-electron chi connectivity index (χ2n) is 9.34. The smallest absolute Gasteiger partial charge is 0.242 e. The van der Waals surface area contributed by atoms with Crippen molar-refractivity contribution in [3.8, 4) is 5.82 Å². The molecule has 1 amide bonds. The van der Waals surface area contributed by atoms with Crippen LogP contribution in [0.2, 0.25) is 0 Å². The number of amides is 1. The van der Waals surface area contributed by atoms with Gasteiger partial charge < -0.3 is 25.3 Å². The minimum Gasteiger partial charge on any atom is -0.383 e. The summed E-state index contributed by atoms with van der Waals surface area (Å²) in [6, 6.07) is 8.38. The van der Waals surface area contributed by atoms with Crippen LogP contribution in [0, 0.1) is 17.6 Å². The summed E-state index contributed by atoms with van der Waals surface area (Å²) in [6.45, 7) is 0.989. The van der Waals surface area contributed by atoms with Crippen molar-refractivity contribution in [1.82, 2.24) is 19.9 Å². The van der Waals surface area contributed by atoms with Crippen LogP contribution in [0.1, 0.15) is 44.1 Å². The van der Waals surface area contributed by atoms with E-state index in [1.807, 2.05) is 29.1 Å². The number of hydrogen-bond acceptors (Lipinski definition) is 6. The molecule has 1 saturated carbocycles. The monoisotopic (exact) mass is 512 g/mol. The number of methoxy groups -OCH3 is 1. The Morgan fingerprint density at radius 2 is 1.92 bits per heavy atom. The van der Waals surface area contributed by atoms with E-state index in [-0.39, 0.29) is 18.0 Å². The predicted octanol–water partition coefficient (Wildman–Crippen LogP) is 4.67. The maximum atomic E-state index is 14.1. The molecule has 0 unspecified atom stereocenters. The van der Waals surface area contributed by atoms with Gasteiger partial charge in [0.25, 0.3) is 0 Å². The molecule has 8 nitrogen and oxygen atoms in total. The van der Waals surface area contributed by atoms with Crippen molar-refractivity contribution in [2.24, 2.45) is 5.92 Å². The first-order chi connectivity index (χ1) is 18.0. The van der Waals surface area contributed by atoms with E-state index in [1.165, 1.54) is 18.6 Å². The number of nitrogens with one attached hydrogen (secondary N) is 3. The second-order valence-corrected chi connectivity index (χ2v) is 9.34. The molecule has 1 aliphatic rings. The van der Waals surface area contributed by atoms with Gasteiger partial charge in [-0.1, -0.05) is 38.2 Å². The van der Waals surface area contributed by atoms with Crippen LogP contribution < -0.4 is 16.0 Å². The van der Waals surface area contributed by atoms with E-state index in [9.17, 15) is 13.6 Å². The van der Waals surface area contributed by atoms with Crippen LogP contribution in [0.15, 0.2) is 48.8 Å². The number of rotatable bonds is 12. The number of carbonyl (C=O) groups excluding carboxylic acids is 1. The van der Waals surface area contributed by atoms with Crippen LogP contribution in [0.25, 0.3) is 5.82 Å². The molecule has 1 fully saturated rings. The Hall–Kier alpha value is -3.53. The molecule has 198 valence electrons. The predicted molar refractivity (Wildman–Crippen MR) is 139 cm³/mol. The van der Waals surface area contributed by atoms with Crippen LogP contribution in [0.4, 0.5) is 20.5 Å². The maximum Gasteiger partial charge on any atom is 0.242 e. The standard InChI is InChI=1S/C27H34F2N6O2/c1-37-14-11-30-27-33-24(17-25(34-27)35-12-5-6-13-35)32-23(15-19-7-3-2-4-8-19)26(36)31-18-20-9-10-21(28)16-22(20)29/h5-6,9-10,12-13,16-17,19,23H,2-4,7-8,11,14-15,18H2,1H3,(H,31,36)(H2,30,32,33,34)/t23-/m1/s1. The zero-order valence-corrected chi connectivity index (χ0v) is 21.1. The first kappa shape index (κ1) is 26.5. The zero-order chi connectivity index (χ0) is 26.0. The summed E-state index contributed by atoms with van der Waals surface area (Å²) < 4.78 is 34.4. The van der Waals surface area contributed by atoms with Crippen molar-refractivity contribution in [3.63, 3.8) is 0 Å². The van der Waals surface area contributed by atoms with E-state index < -0.39 is 17.7 Å². The lowest BCUT2D eigenvalue weighted by atomic mass is 9.84. The summed E-state index contributed by atoms with van der Waals surface area (Å²) in [5.41, 5.74) is 0.229. The van der Waals surface area contributed by atoms with Gasteiger partial charge in [0.1, 0.15) is 29.3 Å². The Kier molecular flexibility index (Phi) is 9.42. The number of hydrogen-bond donors (Lipinski definition) is 3. The molecular weight excluding hydrogens is 478 g/mol. The van der Waals surface area contributed by atoms with E-state index in [0.717, 1.165) is 31.7 Å². The first-order valence-corrected chi connectivity index (χ1v) is 12.7. The minimum absolute atomic E-state index is 0.0317. The van der Waals surface area contributed by atoms with E-state index in [0.29, 0.717) is 43.1 Å². The quantitative estimate of drug-likeness (QED) is 0.306. The van der Waals surface area contributed by atoms with Crippen molar-refractivity contribution in [1.29, 1.82) is 0 Å². The summed E-state index contributed by atoms with van der Waals surface area (Å²) in [5.74, 6) is 0.373. The summed E-state index contributed by atoms with van der Waals surface area (Å²) in [5, 5.41) is 9.30. The Morgan fingerprint density at radius 3 is 2.65 bits per heavy atom. The van der Waals surface area contributed by atoms with E-state index in [1.54, 1.807) is 13.2 Å². The molecular formula is C27H34F2N6O2. The number of nitrogens with zero attached hydrogens (tertiary/aromatic N) is 3. The summed E-state index contributed by atoms with van der Waals surface area (Å²) in [4.78, 5) is 22.5. The van der Waals surface area contributed by atoms with Crippen LogP contribution in [0.3, 0.4) is 0 Å². The van der Waals surface area contributed by atoms with E-state index >= 15 is 0 Å². The maximum absolute atomic E-state index is 14.1. The molecule has 3 N–H and O–H groups in total. The molecule has 4 rings (SSSR count). The molecule has 1 aromatic carbocycles. The molecule has 10 heteroatoms. The highest BCUT2D eigenvalue weighted by Crippen LogP contribution is 2.28. The topological polar surface area (TPSA) is 93.1 Å². The largest absolute Gasteiger partial charge is 0.383 e. The highest BCUT2D eigenvalue weighted by Gasteiger charge is 2.25. The molecule has 1 atom stereocenters. The molecule has 0 aliphatic heterocycles. The van der Waals surface area contributed by atoms with Crippen LogP contribution in [0.5, 0.6) is 0 Å². The number of carbonyl (C=O) groups is 1. The van der Waals surface area contributed by atoms with Gasteiger partial charge in [-0.25, -0.2) is 8.78 Å². The van der Waals surface area contributed by atoms with Crippen LogP contribution in [-0.4, -0.2) is 46.7 Å². The number of aromatic nitrogens is 3. The molecule has 0 radical (unpaired) electrons. The first-order valence-electron chi connectivity index (χ1n) is 12.7. The summed E-state index contributed by atoms with van der Waals surface area (Å²) in [6.07, 6.45) is 10.1. The molecule has 37 heavy (non-hydrogen) atoms. The molecule has 0 spiro atoms. The normalized spacial score (nSPS) is 14.8. The van der Waals surface area contributed by atoms with Gasteiger partial charge in [-0.15, -0.1) is 0 Å². The average Bonchev–Trinajstić information content (AvgIpc) is 3.44. The fourth-order valence-electron chi connectivity index (χ4n) is 4.61. The zero-order valence-electron chi connectivity index (χ0n) is 21.1. The van der Waals surface area contributed by atoms with Crippen molar-refractivity contribution in [3.05, 3.63) is 66.0 Å². The molecule has 2 heterocycles. The number of ether oxygens (including phenoxy) is 1. The SMILES string of the molecule is COCCNc1nc(N[C@H](CC2CCCCC2)C(=O)NCc2ccc(F)cc2F)cc(-n2cccc2)n1. The van der Waals surface area contributed by atoms with Crippen LogP contribution >= 0.6 is 0 Å². The third kappa shape index (κ3) is 7.72. The van der Waals surface area contributed by atoms with Gasteiger partial charge in [-0.2, -0.15) is 9.97 Å². The highest BCUT2D eigenvalue weighted by molar-refractivity contribution is 5.84. The minimum atomic E-state index is -0.684. The number of anilines is 2. The van der Waals surface area contributed by atoms with Gasteiger partial charge in [0.05, 0.1) is 6.61 Å². The molecule has 0 bridgehead atoms. The van der Waals surface area contributed by atoms with Crippen molar-refractivity contribution in [2.45, 2.75) is 51.1 Å². The summed E-state index contributed by atoms with van der Waals surface area (Å²) >= 11 is 0. The molecule has 3 aromatic rings. The molecule has 2 aromatic heterocycles. The van der Waals surface area contributed by atoms with Crippen molar-refractivity contribution >= 4 is 17.7 Å². The fourth-order valence-corrected chi connectivity index (χ4v) is 4.61.